The first-order valence-corrected chi connectivity index (χ1v) is 11.3. The highest BCUT2D eigenvalue weighted by Gasteiger charge is 2.45. The molecule has 0 heterocycles. The second-order valence-electron chi connectivity index (χ2n) is 8.86. The Balaban J connectivity index is 2.29. The van der Waals surface area contributed by atoms with E-state index in [1.54, 1.807) is 0 Å². The second-order valence-corrected chi connectivity index (χ2v) is 8.86. The molecule has 0 saturated carbocycles. The molecule has 0 saturated heterocycles. The van der Waals surface area contributed by atoms with Gasteiger partial charge in [0.25, 0.3) is 0 Å². The fraction of sp³-hybridized carbons (Fsp3) is 0.154. The Hall–Kier alpha value is -5.14. The van der Waals surface area contributed by atoms with Gasteiger partial charge in [0.2, 0.25) is 0 Å². The summed E-state index contributed by atoms with van der Waals surface area (Å²) in [6.07, 6.45) is -23.4. The fourth-order valence-electron chi connectivity index (χ4n) is 4.48. The summed E-state index contributed by atoms with van der Waals surface area (Å²) < 4.78 is 227. The summed E-state index contributed by atoms with van der Waals surface area (Å²) in [7, 11) is 0. The van der Waals surface area contributed by atoms with E-state index in [9.17, 15) is 66.7 Å². The Labute approximate surface area is 242 Å². The van der Waals surface area contributed by atoms with E-state index in [4.69, 9.17) is 5.26 Å². The van der Waals surface area contributed by atoms with Crippen molar-refractivity contribution in [3.05, 3.63) is 80.9 Å². The van der Waals surface area contributed by atoms with Crippen LogP contribution in [0.1, 0.15) is 33.4 Å². The number of alkyl halides is 12. The lowest BCUT2D eigenvalue weighted by Gasteiger charge is -2.18. The van der Waals surface area contributed by atoms with Crippen LogP contribution in [0, 0.1) is 45.9 Å². The van der Waals surface area contributed by atoms with Gasteiger partial charge in [0.05, 0.1) is 22.3 Å². The van der Waals surface area contributed by atoms with Crippen molar-refractivity contribution >= 4 is 11.1 Å². The predicted molar refractivity (Wildman–Crippen MR) is 118 cm³/mol. The molecule has 0 spiro atoms. The van der Waals surface area contributed by atoms with Crippen LogP contribution in [0.15, 0.2) is 24.3 Å². The smallest absolute Gasteiger partial charge is 0.405 e. The maximum absolute atomic E-state index is 15.0. The van der Waals surface area contributed by atoms with Gasteiger partial charge < -0.3 is 9.47 Å². The number of benzene rings is 3. The number of halogens is 16. The minimum atomic E-state index is -5.87. The van der Waals surface area contributed by atoms with Gasteiger partial charge in [-0.1, -0.05) is 0 Å². The van der Waals surface area contributed by atoms with Crippen molar-refractivity contribution in [2.45, 2.75) is 25.1 Å². The highest BCUT2D eigenvalue weighted by Crippen LogP contribution is 2.55. The summed E-state index contributed by atoms with van der Waals surface area (Å²) in [5.74, 6) is -14.3. The number of rotatable bonds is 3. The van der Waals surface area contributed by atoms with Crippen LogP contribution in [-0.4, -0.2) is 12.7 Å². The van der Waals surface area contributed by atoms with Crippen LogP contribution in [0.25, 0.3) is 22.3 Å². The molecule has 3 aromatic carbocycles. The number of fused-ring (bicyclic) bond motifs is 3. The van der Waals surface area contributed by atoms with Gasteiger partial charge in [-0.3, -0.25) is 0 Å². The normalized spacial score (nSPS) is 13.1. The third kappa shape index (κ3) is 5.94. The highest BCUT2D eigenvalue weighted by molar-refractivity contribution is 6.14. The van der Waals surface area contributed by atoms with E-state index in [1.165, 1.54) is 0 Å². The van der Waals surface area contributed by atoms with E-state index in [0.29, 0.717) is 0 Å². The van der Waals surface area contributed by atoms with Gasteiger partial charge >= 0.3 is 25.1 Å². The second kappa shape index (κ2) is 10.7. The minimum Gasteiger partial charge on any atom is -0.405 e. The molecule has 0 bridgehead atoms. The summed E-state index contributed by atoms with van der Waals surface area (Å²) in [5, 5.41) is 18.6. The number of hydrogen-bond acceptors (Lipinski definition) is 4. The molecular formula is C26H4F16N2O2. The Morgan fingerprint density at radius 3 is 1.20 bits per heavy atom. The topological polar surface area (TPSA) is 66.0 Å². The van der Waals surface area contributed by atoms with E-state index in [-0.39, 0.29) is 24.3 Å². The largest absolute Gasteiger partial charge is 0.573 e. The third-order valence-corrected chi connectivity index (χ3v) is 6.12. The number of ether oxygens (including phenoxy) is 2. The predicted octanol–water partition coefficient (Wildman–Crippen LogP) is 9.41. The Morgan fingerprint density at radius 2 is 0.913 bits per heavy atom. The van der Waals surface area contributed by atoms with Crippen molar-refractivity contribution < 1.29 is 79.7 Å². The van der Waals surface area contributed by atoms with Gasteiger partial charge in [0, 0.05) is 5.57 Å². The molecular weight excluding hydrogens is 676 g/mol. The fourth-order valence-corrected chi connectivity index (χ4v) is 4.48. The van der Waals surface area contributed by atoms with Crippen molar-refractivity contribution in [2.24, 2.45) is 0 Å². The average Bonchev–Trinajstić information content (AvgIpc) is 3.18. The van der Waals surface area contributed by atoms with Crippen molar-refractivity contribution in [1.29, 1.82) is 10.5 Å². The molecule has 20 heteroatoms. The van der Waals surface area contributed by atoms with E-state index in [0.717, 1.165) is 12.1 Å². The van der Waals surface area contributed by atoms with Crippen LogP contribution in [0.2, 0.25) is 0 Å². The molecule has 4 rings (SSSR count). The van der Waals surface area contributed by atoms with E-state index in [2.05, 4.69) is 9.47 Å². The maximum atomic E-state index is 15.0. The van der Waals surface area contributed by atoms with Gasteiger partial charge in [-0.05, 0) is 46.5 Å². The summed E-state index contributed by atoms with van der Waals surface area (Å²) >= 11 is 0. The summed E-state index contributed by atoms with van der Waals surface area (Å²) in [6.45, 7) is 0. The highest BCUT2D eigenvalue weighted by atomic mass is 19.4. The van der Waals surface area contributed by atoms with Crippen LogP contribution >= 0.6 is 0 Å². The van der Waals surface area contributed by atoms with Gasteiger partial charge in [0.1, 0.15) is 29.2 Å². The standard InChI is InChI=1S/C26H4F16N2O2/c27-19-12(6-44)20(28)22(30)18(21(19)29)11(5-43)17-9-1-13(23(31,32)33)15(45-25(37,38)39)3-7(9)8-4-16(46-26(40,41)42)14(2-10(8)17)24(34,35)36/h1-4H. The SMILES string of the molecule is N#CC(=C1c2cc(C(F)(F)F)c(OC(F)(F)F)cc2-c2cc(OC(F)(F)F)c(C(F)(F)F)cc21)c1c(F)c(F)c(C#N)c(F)c1F. The van der Waals surface area contributed by atoms with Gasteiger partial charge in [-0.25, -0.2) is 17.6 Å². The lowest BCUT2D eigenvalue weighted by atomic mass is 9.91. The van der Waals surface area contributed by atoms with Gasteiger partial charge in [0.15, 0.2) is 23.3 Å². The Bertz CT molecular complexity index is 1790. The van der Waals surface area contributed by atoms with Crippen molar-refractivity contribution in [3.63, 3.8) is 0 Å². The molecule has 0 aromatic heterocycles. The molecule has 0 aliphatic heterocycles. The Morgan fingerprint density at radius 1 is 0.543 bits per heavy atom. The Kier molecular flexibility index (Phi) is 7.88. The van der Waals surface area contributed by atoms with Crippen LogP contribution in [0.4, 0.5) is 70.2 Å². The van der Waals surface area contributed by atoms with Gasteiger partial charge in [-0.15, -0.1) is 26.3 Å². The number of allylic oxidation sites excluding steroid dienone is 1. The first-order chi connectivity index (χ1) is 20.9. The van der Waals surface area contributed by atoms with E-state index in [1.807, 2.05) is 0 Å². The van der Waals surface area contributed by atoms with E-state index >= 15 is 8.78 Å². The molecule has 46 heavy (non-hydrogen) atoms. The zero-order chi connectivity index (χ0) is 34.9. The quantitative estimate of drug-likeness (QED) is 0.123. The maximum Gasteiger partial charge on any atom is 0.573 e. The molecule has 0 radical (unpaired) electrons. The summed E-state index contributed by atoms with van der Waals surface area (Å²) in [6, 6.07) is 0.722. The molecule has 242 valence electrons. The first kappa shape index (κ1) is 33.7. The lowest BCUT2D eigenvalue weighted by molar-refractivity contribution is -0.277. The minimum absolute atomic E-state index is 0.163. The van der Waals surface area contributed by atoms with Crippen molar-refractivity contribution in [1.82, 2.24) is 0 Å². The van der Waals surface area contributed by atoms with Crippen LogP contribution in [0.3, 0.4) is 0 Å². The molecule has 1 aliphatic carbocycles. The molecule has 0 unspecified atom stereocenters. The monoisotopic (exact) mass is 680 g/mol. The zero-order valence-corrected chi connectivity index (χ0v) is 21.1. The molecule has 1 aliphatic rings. The van der Waals surface area contributed by atoms with Crippen LogP contribution in [0.5, 0.6) is 11.5 Å². The van der Waals surface area contributed by atoms with E-state index < -0.39 is 115 Å². The average molecular weight is 680 g/mol. The molecule has 3 aromatic rings. The van der Waals surface area contributed by atoms with Crippen LogP contribution < -0.4 is 9.47 Å². The first-order valence-electron chi connectivity index (χ1n) is 11.3. The molecule has 0 N–H and O–H groups in total. The molecule has 0 fully saturated rings. The molecule has 4 nitrogen and oxygen atoms in total. The zero-order valence-electron chi connectivity index (χ0n) is 21.1. The summed E-state index contributed by atoms with van der Waals surface area (Å²) in [5.41, 5.74) is -16.9. The summed E-state index contributed by atoms with van der Waals surface area (Å²) in [4.78, 5) is 0. The molecule has 0 amide bonds. The van der Waals surface area contributed by atoms with Gasteiger partial charge in [-0.2, -0.15) is 36.9 Å². The number of hydrogen-bond donors (Lipinski definition) is 0. The third-order valence-electron chi connectivity index (χ3n) is 6.12. The van der Waals surface area contributed by atoms with Crippen molar-refractivity contribution in [3.8, 4) is 34.8 Å². The number of nitrogens with zero attached hydrogens (tertiary/aromatic N) is 2. The van der Waals surface area contributed by atoms with Crippen LogP contribution in [-0.2, 0) is 12.4 Å². The van der Waals surface area contributed by atoms with Crippen molar-refractivity contribution in [2.75, 3.05) is 0 Å². The number of nitriles is 2. The lowest BCUT2D eigenvalue weighted by Crippen LogP contribution is -2.20. The molecule has 0 atom stereocenters.